The summed E-state index contributed by atoms with van der Waals surface area (Å²) in [5.41, 5.74) is 0.0875. The molecular weight excluding hydrogens is 376 g/mol. The van der Waals surface area contributed by atoms with Gasteiger partial charge in [0.15, 0.2) is 0 Å². The molecule has 0 aromatic carbocycles. The minimum atomic E-state index is -0.785. The molecule has 1 atom stereocenters. The van der Waals surface area contributed by atoms with Gasteiger partial charge in [-0.3, -0.25) is 14.7 Å². The number of halogens is 2. The number of likely N-dealkylation sites (tertiary alicyclic amines) is 1. The number of nitrogens with zero attached hydrogens (tertiary/aromatic N) is 2. The van der Waals surface area contributed by atoms with E-state index in [9.17, 15) is 9.90 Å². The van der Waals surface area contributed by atoms with E-state index in [1.165, 1.54) is 0 Å². The topological polar surface area (TPSA) is 53.4 Å². The molecule has 0 bridgehead atoms. The lowest BCUT2D eigenvalue weighted by Crippen LogP contribution is -2.54. The summed E-state index contributed by atoms with van der Waals surface area (Å²) in [5, 5.41) is 9.48. The number of aliphatic carboxylic acids is 1. The Morgan fingerprint density at radius 1 is 1.53 bits per heavy atom. The highest BCUT2D eigenvalue weighted by Crippen LogP contribution is 2.31. The van der Waals surface area contributed by atoms with E-state index in [-0.39, 0.29) is 0 Å². The van der Waals surface area contributed by atoms with Crippen LogP contribution in [0.2, 0.25) is 0 Å². The Bertz CT molecular complexity index is 496. The Kier molecular flexibility index (Phi) is 4.63. The van der Waals surface area contributed by atoms with Crippen LogP contribution >= 0.6 is 31.9 Å². The van der Waals surface area contributed by atoms with Crippen molar-refractivity contribution in [3.05, 3.63) is 26.9 Å². The van der Waals surface area contributed by atoms with Crippen molar-refractivity contribution >= 4 is 37.8 Å². The van der Waals surface area contributed by atoms with Gasteiger partial charge in [-0.2, -0.15) is 0 Å². The highest BCUT2D eigenvalue weighted by atomic mass is 79.9. The lowest BCUT2D eigenvalue weighted by Gasteiger charge is -2.41. The summed E-state index contributed by atoms with van der Waals surface area (Å²) in [6.07, 6.45) is 4.43. The van der Waals surface area contributed by atoms with Gasteiger partial charge in [0.1, 0.15) is 5.54 Å². The van der Waals surface area contributed by atoms with Crippen LogP contribution in [0.1, 0.15) is 31.9 Å². The van der Waals surface area contributed by atoms with Crippen molar-refractivity contribution in [1.82, 2.24) is 9.88 Å². The van der Waals surface area contributed by atoms with Crippen LogP contribution < -0.4 is 0 Å². The molecule has 1 aromatic heterocycles. The zero-order valence-electron chi connectivity index (χ0n) is 10.7. The Hall–Kier alpha value is -0.460. The number of rotatable bonds is 3. The minimum Gasteiger partial charge on any atom is -0.480 e. The second-order valence-electron chi connectivity index (χ2n) is 5.04. The van der Waals surface area contributed by atoms with Gasteiger partial charge in [0.05, 0.1) is 5.69 Å². The highest BCUT2D eigenvalue weighted by molar-refractivity contribution is 9.11. The smallest absolute Gasteiger partial charge is 0.323 e. The molecule has 1 saturated heterocycles. The molecule has 104 valence electrons. The quantitative estimate of drug-likeness (QED) is 0.857. The standard InChI is InChI=1S/C13H16Br2N2O2/c1-13(12(18)19)4-2-3-5-17(13)8-11-10(15)6-9(14)7-16-11/h6-7H,2-5,8H2,1H3,(H,18,19). The Balaban J connectivity index is 2.22. The van der Waals surface area contributed by atoms with E-state index in [1.807, 2.05) is 11.0 Å². The molecule has 19 heavy (non-hydrogen) atoms. The molecule has 0 spiro atoms. The SMILES string of the molecule is CC1(C(=O)O)CCCCN1Cc1ncc(Br)cc1Br. The van der Waals surface area contributed by atoms with Gasteiger partial charge >= 0.3 is 5.97 Å². The summed E-state index contributed by atoms with van der Waals surface area (Å²) in [6.45, 7) is 3.16. The number of hydrogen-bond acceptors (Lipinski definition) is 3. The number of carbonyl (C=O) groups is 1. The summed E-state index contributed by atoms with van der Waals surface area (Å²) in [7, 11) is 0. The summed E-state index contributed by atoms with van der Waals surface area (Å²) >= 11 is 6.85. The van der Waals surface area contributed by atoms with Crippen molar-refractivity contribution in [2.24, 2.45) is 0 Å². The third-order valence-corrected chi connectivity index (χ3v) is 4.85. The minimum absolute atomic E-state index is 0.552. The molecule has 1 aliphatic heterocycles. The fraction of sp³-hybridized carbons (Fsp3) is 0.538. The van der Waals surface area contributed by atoms with Crippen LogP contribution in [0, 0.1) is 0 Å². The number of piperidine rings is 1. The molecule has 1 N–H and O–H groups in total. The third-order valence-electron chi connectivity index (χ3n) is 3.72. The van der Waals surface area contributed by atoms with Crippen molar-refractivity contribution in [2.45, 2.75) is 38.3 Å². The van der Waals surface area contributed by atoms with Crippen molar-refractivity contribution in [3.63, 3.8) is 0 Å². The number of pyridine rings is 1. The molecular formula is C13H16Br2N2O2. The summed E-state index contributed by atoms with van der Waals surface area (Å²) in [5.74, 6) is -0.750. The molecule has 1 fully saturated rings. The first-order valence-corrected chi connectivity index (χ1v) is 7.80. The van der Waals surface area contributed by atoms with Crippen LogP contribution in [0.15, 0.2) is 21.2 Å². The number of hydrogen-bond donors (Lipinski definition) is 1. The van der Waals surface area contributed by atoms with E-state index >= 15 is 0 Å². The molecule has 2 heterocycles. The third kappa shape index (κ3) is 3.17. The molecule has 6 heteroatoms. The molecule has 1 aromatic rings. The maximum absolute atomic E-state index is 11.5. The molecule has 1 aliphatic rings. The number of carboxylic acids is 1. The van der Waals surface area contributed by atoms with E-state index in [1.54, 1.807) is 13.1 Å². The van der Waals surface area contributed by atoms with Gasteiger partial charge in [-0.15, -0.1) is 0 Å². The second-order valence-corrected chi connectivity index (χ2v) is 6.81. The molecule has 0 amide bonds. The fourth-order valence-corrected chi connectivity index (χ4v) is 3.53. The van der Waals surface area contributed by atoms with Crippen LogP contribution in [0.25, 0.3) is 0 Å². The average Bonchev–Trinajstić information content (AvgIpc) is 2.35. The Morgan fingerprint density at radius 2 is 2.26 bits per heavy atom. The van der Waals surface area contributed by atoms with E-state index in [4.69, 9.17) is 0 Å². The van der Waals surface area contributed by atoms with Gasteiger partial charge in [0.2, 0.25) is 0 Å². The maximum Gasteiger partial charge on any atom is 0.323 e. The van der Waals surface area contributed by atoms with Crippen molar-refractivity contribution in [3.8, 4) is 0 Å². The molecule has 0 aliphatic carbocycles. The van der Waals surface area contributed by atoms with Crippen molar-refractivity contribution < 1.29 is 9.90 Å². The second kappa shape index (κ2) is 5.89. The van der Waals surface area contributed by atoms with E-state index < -0.39 is 11.5 Å². The van der Waals surface area contributed by atoms with Crippen LogP contribution in [0.4, 0.5) is 0 Å². The predicted molar refractivity (Wildman–Crippen MR) is 79.9 cm³/mol. The molecule has 0 radical (unpaired) electrons. The fourth-order valence-electron chi connectivity index (χ4n) is 2.41. The lowest BCUT2D eigenvalue weighted by atomic mass is 9.88. The molecule has 1 unspecified atom stereocenters. The number of carboxylic acid groups (broad SMARTS) is 1. The predicted octanol–water partition coefficient (Wildman–Crippen LogP) is 3.44. The van der Waals surface area contributed by atoms with Gasteiger partial charge in [0.25, 0.3) is 0 Å². The van der Waals surface area contributed by atoms with Crippen LogP contribution in [0.5, 0.6) is 0 Å². The number of aromatic nitrogens is 1. The monoisotopic (exact) mass is 390 g/mol. The normalized spacial score (nSPS) is 24.4. The van der Waals surface area contributed by atoms with Gasteiger partial charge < -0.3 is 5.11 Å². The summed E-state index contributed by atoms with van der Waals surface area (Å²) in [6, 6.07) is 1.93. The zero-order valence-corrected chi connectivity index (χ0v) is 13.9. The largest absolute Gasteiger partial charge is 0.480 e. The maximum atomic E-state index is 11.5. The van der Waals surface area contributed by atoms with E-state index in [0.717, 1.165) is 34.0 Å². The van der Waals surface area contributed by atoms with Crippen LogP contribution in [0.3, 0.4) is 0 Å². The summed E-state index contributed by atoms with van der Waals surface area (Å²) < 4.78 is 1.81. The summed E-state index contributed by atoms with van der Waals surface area (Å²) in [4.78, 5) is 17.9. The van der Waals surface area contributed by atoms with Crippen molar-refractivity contribution in [1.29, 1.82) is 0 Å². The van der Waals surface area contributed by atoms with Crippen LogP contribution in [-0.2, 0) is 11.3 Å². The molecule has 0 saturated carbocycles. The molecule has 4 nitrogen and oxygen atoms in total. The Labute approximate surface area is 129 Å². The van der Waals surface area contributed by atoms with E-state index in [0.29, 0.717) is 13.0 Å². The van der Waals surface area contributed by atoms with Crippen molar-refractivity contribution in [2.75, 3.05) is 6.54 Å². The lowest BCUT2D eigenvalue weighted by molar-refractivity contribution is -0.153. The molecule has 2 rings (SSSR count). The first-order chi connectivity index (χ1) is 8.93. The van der Waals surface area contributed by atoms with Gasteiger partial charge in [-0.25, -0.2) is 0 Å². The Morgan fingerprint density at radius 3 is 2.89 bits per heavy atom. The van der Waals surface area contributed by atoms with E-state index in [2.05, 4.69) is 36.8 Å². The van der Waals surface area contributed by atoms with Gasteiger partial charge in [-0.05, 0) is 70.7 Å². The first kappa shape index (κ1) is 14.9. The van der Waals surface area contributed by atoms with Gasteiger partial charge in [0, 0.05) is 21.7 Å². The first-order valence-electron chi connectivity index (χ1n) is 6.22. The van der Waals surface area contributed by atoms with Crippen LogP contribution in [-0.4, -0.2) is 33.0 Å². The van der Waals surface area contributed by atoms with Gasteiger partial charge in [-0.1, -0.05) is 0 Å². The average molecular weight is 392 g/mol. The highest BCUT2D eigenvalue weighted by Gasteiger charge is 2.41. The zero-order chi connectivity index (χ0) is 14.0.